The van der Waals surface area contributed by atoms with Gasteiger partial charge in [-0.1, -0.05) is 43.3 Å². The Morgan fingerprint density at radius 1 is 0.718 bits per heavy atom. The molecule has 4 aliphatic heterocycles. The van der Waals surface area contributed by atoms with Gasteiger partial charge < -0.3 is 55.3 Å². The van der Waals surface area contributed by atoms with E-state index in [1.54, 1.807) is 61.5 Å². The number of nitrogens with zero attached hydrogens (tertiary/aromatic N) is 2. The monoisotopic (exact) mass is 987 g/mol. The quantitative estimate of drug-likeness (QED) is 0.0718. The highest BCUT2D eigenvalue weighted by atomic mass is 32.2. The maximum absolute atomic E-state index is 14.3. The van der Waals surface area contributed by atoms with Gasteiger partial charge in [0.2, 0.25) is 17.7 Å². The van der Waals surface area contributed by atoms with Crippen LogP contribution >= 0.6 is 0 Å². The van der Waals surface area contributed by atoms with Gasteiger partial charge in [0.1, 0.15) is 25.3 Å². The molecule has 0 bridgehead atoms. The van der Waals surface area contributed by atoms with Crippen LogP contribution in [0.3, 0.4) is 0 Å². The number of nitrogens with one attached hydrogen (secondary N) is 5. The molecule has 5 aromatic carbocycles. The van der Waals surface area contributed by atoms with Gasteiger partial charge in [-0.15, -0.1) is 0 Å². The van der Waals surface area contributed by atoms with E-state index < -0.39 is 51.3 Å². The smallest absolute Gasteiger partial charge is 0.288 e. The van der Waals surface area contributed by atoms with Crippen LogP contribution in [0, 0.1) is 0 Å². The predicted molar refractivity (Wildman–Crippen MR) is 264 cm³/mol. The minimum absolute atomic E-state index is 0.0606. The molecule has 5 atom stereocenters. The van der Waals surface area contributed by atoms with Gasteiger partial charge in [-0.2, -0.15) is 8.42 Å². The molecular formula is C51H53N7O12S. The van der Waals surface area contributed by atoms with E-state index in [2.05, 4.69) is 26.6 Å². The third-order valence-electron chi connectivity index (χ3n) is 13.0. The van der Waals surface area contributed by atoms with E-state index in [1.807, 2.05) is 29.2 Å². The van der Waals surface area contributed by atoms with Crippen molar-refractivity contribution in [3.8, 4) is 23.0 Å². The van der Waals surface area contributed by atoms with Crippen molar-refractivity contribution in [1.82, 2.24) is 10.6 Å². The molecule has 4 heterocycles. The Morgan fingerprint density at radius 2 is 1.27 bits per heavy atom. The van der Waals surface area contributed by atoms with E-state index >= 15 is 0 Å². The molecule has 19 nitrogen and oxygen atoms in total. The number of methoxy groups -OCH3 is 2. The third kappa shape index (κ3) is 9.59. The van der Waals surface area contributed by atoms with Crippen LogP contribution in [-0.4, -0.2) is 92.8 Å². The Labute approximate surface area is 409 Å². The fourth-order valence-electron chi connectivity index (χ4n) is 9.50. The molecule has 0 aliphatic carbocycles. The first-order valence-corrected chi connectivity index (χ1v) is 24.6. The summed E-state index contributed by atoms with van der Waals surface area (Å²) in [7, 11) is -1.88. The van der Waals surface area contributed by atoms with Gasteiger partial charge in [0.15, 0.2) is 28.4 Å². The molecule has 370 valence electrons. The average molecular weight is 988 g/mol. The van der Waals surface area contributed by atoms with Crippen LogP contribution in [-0.2, 0) is 50.6 Å². The van der Waals surface area contributed by atoms with Crippen LogP contribution < -0.4 is 55.3 Å². The van der Waals surface area contributed by atoms with E-state index in [-0.39, 0.29) is 66.7 Å². The molecule has 6 N–H and O–H groups in total. The summed E-state index contributed by atoms with van der Waals surface area (Å²) in [5, 5.41) is 12.8. The second kappa shape index (κ2) is 19.5. The van der Waals surface area contributed by atoms with Crippen molar-refractivity contribution in [2.24, 2.45) is 0 Å². The number of carbonyl (C=O) groups excluding carboxylic acids is 5. The van der Waals surface area contributed by atoms with E-state index in [4.69, 9.17) is 18.9 Å². The van der Waals surface area contributed by atoms with Gasteiger partial charge in [-0.05, 0) is 91.4 Å². The number of rotatable bonds is 15. The van der Waals surface area contributed by atoms with Crippen molar-refractivity contribution in [3.63, 3.8) is 0 Å². The Kier molecular flexibility index (Phi) is 13.2. The average Bonchev–Trinajstić information content (AvgIpc) is 3.86. The maximum atomic E-state index is 14.3. The van der Waals surface area contributed by atoms with Crippen LogP contribution in [0.5, 0.6) is 23.0 Å². The fraction of sp³-hybridized carbons (Fsp3) is 0.314. The van der Waals surface area contributed by atoms with Gasteiger partial charge in [0, 0.05) is 42.2 Å². The lowest BCUT2D eigenvalue weighted by molar-refractivity contribution is -0.130. The van der Waals surface area contributed by atoms with E-state index in [0.29, 0.717) is 58.2 Å². The summed E-state index contributed by atoms with van der Waals surface area (Å²) < 4.78 is 60.5. The highest BCUT2D eigenvalue weighted by Gasteiger charge is 2.47. The highest BCUT2D eigenvalue weighted by molar-refractivity contribution is 7.86. The van der Waals surface area contributed by atoms with E-state index in [9.17, 15) is 36.9 Å². The highest BCUT2D eigenvalue weighted by Crippen LogP contribution is 2.44. The normalized spacial score (nSPS) is 18.3. The molecule has 5 amide bonds. The van der Waals surface area contributed by atoms with Crippen LogP contribution in [0.15, 0.2) is 91.0 Å². The molecule has 0 saturated heterocycles. The fourth-order valence-corrected chi connectivity index (χ4v) is 10.4. The summed E-state index contributed by atoms with van der Waals surface area (Å²) in [6, 6.07) is 23.3. The molecule has 0 fully saturated rings. The number of amides is 5. The molecule has 4 aliphatic rings. The molecule has 0 aromatic heterocycles. The molecule has 0 saturated carbocycles. The lowest BCUT2D eigenvalue weighted by atomic mass is 10.1. The summed E-state index contributed by atoms with van der Waals surface area (Å²) >= 11 is 0. The zero-order chi connectivity index (χ0) is 50.3. The van der Waals surface area contributed by atoms with Crippen molar-refractivity contribution < 1.29 is 55.9 Å². The largest absolute Gasteiger partial charge is 0.493 e. The number of para-hydroxylation sites is 2. The minimum atomic E-state index is -4.76. The number of carbonyl (C=O) groups is 5. The zero-order valence-corrected chi connectivity index (χ0v) is 40.3. The Hall–Kier alpha value is -7.84. The minimum Gasteiger partial charge on any atom is -0.493 e. The van der Waals surface area contributed by atoms with Crippen molar-refractivity contribution in [2.45, 2.75) is 82.8 Å². The molecule has 0 spiro atoms. The topological polar surface area (TPSA) is 243 Å². The number of anilines is 5. The lowest BCUT2D eigenvalue weighted by Crippen LogP contribution is -2.50. The first-order chi connectivity index (χ1) is 34.0. The molecule has 0 radical (unpaired) electrons. The Bertz CT molecular complexity index is 3090. The summed E-state index contributed by atoms with van der Waals surface area (Å²) in [6.45, 7) is 4.97. The Balaban J connectivity index is 0.995. The first kappa shape index (κ1) is 48.2. The molecule has 9 rings (SSSR count). The molecule has 71 heavy (non-hydrogen) atoms. The van der Waals surface area contributed by atoms with Gasteiger partial charge in [-0.3, -0.25) is 28.5 Å². The summed E-state index contributed by atoms with van der Waals surface area (Å²) in [4.78, 5) is 69.9. The maximum Gasteiger partial charge on any atom is 0.288 e. The SMILES string of the molecule is CCC(=O)N[C@@H](C)C(=O)N[C@@H](C)C(=O)Nc1cc(COc2cc3c(cc2OC)C(=O)N2c4ccccc4C[C@H]2CN3)cc(COc2cc3c(cc2OC)C(=O)N2c4ccccc4C[C@H]2C(S(=O)(=O)O)N3)c1. The van der Waals surface area contributed by atoms with Gasteiger partial charge in [0.25, 0.3) is 21.9 Å². The summed E-state index contributed by atoms with van der Waals surface area (Å²) in [6.07, 6.45) is 1.07. The van der Waals surface area contributed by atoms with Crippen LogP contribution in [0.4, 0.5) is 28.4 Å². The molecule has 5 aromatic rings. The van der Waals surface area contributed by atoms with Crippen LogP contribution in [0.25, 0.3) is 0 Å². The van der Waals surface area contributed by atoms with Crippen molar-refractivity contribution >= 4 is 68.1 Å². The number of benzene rings is 5. The van der Waals surface area contributed by atoms with Gasteiger partial charge in [-0.25, -0.2) is 0 Å². The molecule has 1 unspecified atom stereocenters. The van der Waals surface area contributed by atoms with Crippen LogP contribution in [0.1, 0.15) is 70.2 Å². The summed E-state index contributed by atoms with van der Waals surface area (Å²) in [5.41, 5.74) is 5.83. The van der Waals surface area contributed by atoms with Crippen molar-refractivity contribution in [3.05, 3.63) is 124 Å². The number of fused-ring (bicyclic) bond motifs is 8. The standard InChI is InChI=1S/C51H53N7O12S/c1-6-46(59)53-27(2)47(60)54-28(3)48(61)55-33-16-29(25-69-44-22-37-35(20-42(44)67-4)50(62)57-34(24-52-37)18-31-11-7-9-13-39(31)57)15-30(17-33)26-70-45-23-38-36(21-43(45)68-5)51(63)58-40-14-10-8-12-32(40)19-41(58)49(56-38)71(64,65)66/h7-17,20-23,27-28,34,41,49,52,56H,6,18-19,24-26H2,1-5H3,(H,53,59)(H,54,60)(H,55,61)(H,64,65,66)/t27-,28-,34-,41-,49?/m0/s1. The third-order valence-corrected chi connectivity index (χ3v) is 14.1. The van der Waals surface area contributed by atoms with Crippen molar-refractivity contribution in [1.29, 1.82) is 0 Å². The van der Waals surface area contributed by atoms with Gasteiger partial charge >= 0.3 is 0 Å². The first-order valence-electron chi connectivity index (χ1n) is 23.1. The van der Waals surface area contributed by atoms with E-state index in [1.165, 1.54) is 45.1 Å². The number of ether oxygens (including phenoxy) is 4. The van der Waals surface area contributed by atoms with Crippen molar-refractivity contribution in [2.75, 3.05) is 46.5 Å². The zero-order valence-electron chi connectivity index (χ0n) is 39.5. The van der Waals surface area contributed by atoms with Crippen LogP contribution in [0.2, 0.25) is 0 Å². The second-order valence-electron chi connectivity index (χ2n) is 17.8. The molecule has 20 heteroatoms. The lowest BCUT2D eigenvalue weighted by Gasteiger charge is -2.27. The Morgan fingerprint density at radius 3 is 1.87 bits per heavy atom. The number of hydrogen-bond acceptors (Lipinski definition) is 13. The predicted octanol–water partition coefficient (Wildman–Crippen LogP) is 5.43. The second-order valence-corrected chi connectivity index (χ2v) is 19.3. The number of hydrogen-bond donors (Lipinski definition) is 6. The van der Waals surface area contributed by atoms with Gasteiger partial charge in [0.05, 0.1) is 48.8 Å². The summed E-state index contributed by atoms with van der Waals surface area (Å²) in [5.74, 6) is -1.18. The van der Waals surface area contributed by atoms with E-state index in [0.717, 1.165) is 16.8 Å². The molecular weight excluding hydrogens is 935 g/mol.